The standard InChI is InChI=1S/C14H20N6O/c1-9(2)12(19-8-15)20-14-17-6-11(7-18-14)13(21)16-5-10-3-4-10/h6-10H,3-5H2,1-2H3,(H,16,21)(H2,15,17,18,19,20). The lowest BCUT2D eigenvalue weighted by Crippen LogP contribution is -2.25. The van der Waals surface area contributed by atoms with E-state index < -0.39 is 0 Å². The van der Waals surface area contributed by atoms with Gasteiger partial charge in [-0.2, -0.15) is 4.99 Å². The molecule has 0 aliphatic heterocycles. The maximum absolute atomic E-state index is 11.9. The molecule has 112 valence electrons. The van der Waals surface area contributed by atoms with Gasteiger partial charge < -0.3 is 11.1 Å². The van der Waals surface area contributed by atoms with Crippen molar-refractivity contribution in [2.24, 2.45) is 27.6 Å². The summed E-state index contributed by atoms with van der Waals surface area (Å²) < 4.78 is 0. The molecule has 0 unspecified atom stereocenters. The van der Waals surface area contributed by atoms with Crippen LogP contribution in [0.3, 0.4) is 0 Å². The normalized spacial score (nSPS) is 15.7. The maximum atomic E-state index is 11.9. The topological polar surface area (TPSA) is 106 Å². The predicted molar refractivity (Wildman–Crippen MR) is 81.7 cm³/mol. The third kappa shape index (κ3) is 4.62. The molecule has 1 heterocycles. The van der Waals surface area contributed by atoms with Crippen LogP contribution in [-0.2, 0) is 0 Å². The predicted octanol–water partition coefficient (Wildman–Crippen LogP) is 1.29. The lowest BCUT2D eigenvalue weighted by molar-refractivity contribution is 0.0951. The van der Waals surface area contributed by atoms with Gasteiger partial charge in [-0.15, -0.1) is 0 Å². The fourth-order valence-corrected chi connectivity index (χ4v) is 1.64. The average molecular weight is 288 g/mol. The maximum Gasteiger partial charge on any atom is 0.254 e. The van der Waals surface area contributed by atoms with E-state index in [9.17, 15) is 4.79 Å². The van der Waals surface area contributed by atoms with Crippen molar-refractivity contribution in [1.29, 1.82) is 0 Å². The van der Waals surface area contributed by atoms with Gasteiger partial charge in [-0.25, -0.2) is 15.0 Å². The molecule has 0 spiro atoms. The fourth-order valence-electron chi connectivity index (χ4n) is 1.64. The number of carbonyl (C=O) groups excluding carboxylic acids is 1. The molecule has 21 heavy (non-hydrogen) atoms. The summed E-state index contributed by atoms with van der Waals surface area (Å²) in [6, 6.07) is 0. The number of amidine groups is 1. The summed E-state index contributed by atoms with van der Waals surface area (Å²) in [5.74, 6) is 1.41. The Bertz CT molecular complexity index is 545. The minimum Gasteiger partial charge on any atom is -0.390 e. The molecule has 1 aliphatic carbocycles. The number of nitrogens with zero attached hydrogens (tertiary/aromatic N) is 4. The number of aliphatic imine (C=N–C) groups is 2. The van der Waals surface area contributed by atoms with Crippen molar-refractivity contribution >= 4 is 24.0 Å². The van der Waals surface area contributed by atoms with E-state index in [2.05, 4.69) is 25.3 Å². The van der Waals surface area contributed by atoms with E-state index in [-0.39, 0.29) is 17.8 Å². The number of carbonyl (C=O) groups is 1. The van der Waals surface area contributed by atoms with Gasteiger partial charge in [0.2, 0.25) is 0 Å². The average Bonchev–Trinajstić information content (AvgIpc) is 3.29. The quantitative estimate of drug-likeness (QED) is 0.629. The van der Waals surface area contributed by atoms with E-state index in [1.54, 1.807) is 0 Å². The Labute approximate surface area is 123 Å². The van der Waals surface area contributed by atoms with E-state index >= 15 is 0 Å². The van der Waals surface area contributed by atoms with Crippen molar-refractivity contribution in [3.05, 3.63) is 18.0 Å². The van der Waals surface area contributed by atoms with Crippen LogP contribution in [0.4, 0.5) is 5.95 Å². The molecule has 1 aliphatic rings. The molecule has 7 nitrogen and oxygen atoms in total. The van der Waals surface area contributed by atoms with Gasteiger partial charge in [0.1, 0.15) is 5.84 Å². The van der Waals surface area contributed by atoms with Crippen LogP contribution in [-0.4, -0.2) is 34.6 Å². The Balaban J connectivity index is 2.03. The van der Waals surface area contributed by atoms with Crippen molar-refractivity contribution < 1.29 is 4.79 Å². The van der Waals surface area contributed by atoms with Crippen LogP contribution in [0.5, 0.6) is 0 Å². The summed E-state index contributed by atoms with van der Waals surface area (Å²) >= 11 is 0. The largest absolute Gasteiger partial charge is 0.390 e. The monoisotopic (exact) mass is 288 g/mol. The summed E-state index contributed by atoms with van der Waals surface area (Å²) in [7, 11) is 0. The zero-order valence-corrected chi connectivity index (χ0v) is 12.3. The van der Waals surface area contributed by atoms with E-state index in [0.717, 1.165) is 6.54 Å². The van der Waals surface area contributed by atoms with E-state index in [1.807, 2.05) is 13.8 Å². The van der Waals surface area contributed by atoms with E-state index in [0.29, 0.717) is 17.3 Å². The molecule has 0 bridgehead atoms. The van der Waals surface area contributed by atoms with Gasteiger partial charge in [-0.3, -0.25) is 4.79 Å². The summed E-state index contributed by atoms with van der Waals surface area (Å²) in [5.41, 5.74) is 5.71. The summed E-state index contributed by atoms with van der Waals surface area (Å²) in [6.07, 6.45) is 6.53. The third-order valence-corrected chi connectivity index (χ3v) is 3.09. The number of amides is 1. The van der Waals surface area contributed by atoms with E-state index in [1.165, 1.54) is 31.6 Å². The van der Waals surface area contributed by atoms with Gasteiger partial charge in [-0.05, 0) is 18.8 Å². The van der Waals surface area contributed by atoms with Crippen LogP contribution in [0.1, 0.15) is 37.0 Å². The molecule has 1 aromatic rings. The van der Waals surface area contributed by atoms with Crippen molar-refractivity contribution in [3.8, 4) is 0 Å². The molecule has 0 radical (unpaired) electrons. The molecule has 1 aromatic heterocycles. The zero-order chi connectivity index (χ0) is 15.2. The van der Waals surface area contributed by atoms with Gasteiger partial charge >= 0.3 is 0 Å². The lowest BCUT2D eigenvalue weighted by Gasteiger charge is -2.05. The molecular weight excluding hydrogens is 268 g/mol. The van der Waals surface area contributed by atoms with Crippen LogP contribution >= 0.6 is 0 Å². The van der Waals surface area contributed by atoms with Gasteiger partial charge in [0.15, 0.2) is 0 Å². The van der Waals surface area contributed by atoms with E-state index in [4.69, 9.17) is 5.73 Å². The number of rotatable bonds is 5. The van der Waals surface area contributed by atoms with Gasteiger partial charge in [-0.1, -0.05) is 13.8 Å². The molecule has 1 amide bonds. The highest BCUT2D eigenvalue weighted by Crippen LogP contribution is 2.27. The van der Waals surface area contributed by atoms with Crippen LogP contribution in [0.2, 0.25) is 0 Å². The van der Waals surface area contributed by atoms with Crippen molar-refractivity contribution in [2.75, 3.05) is 6.54 Å². The Hall–Kier alpha value is -2.31. The Morgan fingerprint density at radius 1 is 1.48 bits per heavy atom. The first-order chi connectivity index (χ1) is 10.1. The summed E-state index contributed by atoms with van der Waals surface area (Å²) in [4.78, 5) is 28.2. The third-order valence-electron chi connectivity index (χ3n) is 3.09. The smallest absolute Gasteiger partial charge is 0.254 e. The molecule has 0 aromatic carbocycles. The molecular formula is C14H20N6O. The highest BCUT2D eigenvalue weighted by molar-refractivity contribution is 5.94. The van der Waals surface area contributed by atoms with Crippen molar-refractivity contribution in [2.45, 2.75) is 26.7 Å². The minimum absolute atomic E-state index is 0.106. The molecule has 0 atom stereocenters. The summed E-state index contributed by atoms with van der Waals surface area (Å²) in [6.45, 7) is 4.62. The number of nitrogens with two attached hydrogens (primary N) is 1. The Morgan fingerprint density at radius 2 is 2.14 bits per heavy atom. The fraction of sp³-hybridized carbons (Fsp3) is 0.500. The van der Waals surface area contributed by atoms with Gasteiger partial charge in [0.05, 0.1) is 11.9 Å². The van der Waals surface area contributed by atoms with Gasteiger partial charge in [0, 0.05) is 24.9 Å². The Kier molecular flexibility index (Phi) is 4.97. The van der Waals surface area contributed by atoms with Gasteiger partial charge in [0.25, 0.3) is 11.9 Å². The second-order valence-electron chi connectivity index (χ2n) is 5.33. The molecule has 7 heteroatoms. The zero-order valence-electron chi connectivity index (χ0n) is 12.3. The van der Waals surface area contributed by atoms with Crippen LogP contribution in [0, 0.1) is 11.8 Å². The highest BCUT2D eigenvalue weighted by atomic mass is 16.1. The second-order valence-corrected chi connectivity index (χ2v) is 5.33. The molecule has 2 rings (SSSR count). The number of aromatic nitrogens is 2. The first-order valence-corrected chi connectivity index (χ1v) is 7.03. The first-order valence-electron chi connectivity index (χ1n) is 7.03. The van der Waals surface area contributed by atoms with Crippen LogP contribution < -0.4 is 11.1 Å². The highest BCUT2D eigenvalue weighted by Gasteiger charge is 2.22. The molecule has 0 saturated heterocycles. The molecule has 1 fully saturated rings. The van der Waals surface area contributed by atoms with Crippen molar-refractivity contribution in [1.82, 2.24) is 15.3 Å². The number of hydrogen-bond acceptors (Lipinski definition) is 4. The van der Waals surface area contributed by atoms with Crippen LogP contribution in [0.15, 0.2) is 22.4 Å². The second kappa shape index (κ2) is 6.92. The van der Waals surface area contributed by atoms with Crippen molar-refractivity contribution in [3.63, 3.8) is 0 Å². The Morgan fingerprint density at radius 3 is 2.67 bits per heavy atom. The molecule has 1 saturated carbocycles. The lowest BCUT2D eigenvalue weighted by atomic mass is 10.2. The number of hydrogen-bond donors (Lipinski definition) is 2. The minimum atomic E-state index is -0.151. The molecule has 3 N–H and O–H groups in total. The van der Waals surface area contributed by atoms with Crippen LogP contribution in [0.25, 0.3) is 0 Å². The summed E-state index contributed by atoms with van der Waals surface area (Å²) in [5, 5.41) is 2.86. The number of nitrogens with one attached hydrogen (secondary N) is 1. The first kappa shape index (κ1) is 15.1. The SMILES string of the molecule is CC(C)/C(N=CN)=N\c1ncc(C(=O)NCC2CC2)cn1.